The number of fused-ring (bicyclic) bond motifs is 1. The molecular weight excluding hydrogens is 369 g/mol. The van der Waals surface area contributed by atoms with Crippen LogP contribution in [0, 0.1) is 10.1 Å². The second kappa shape index (κ2) is 6.85. The summed E-state index contributed by atoms with van der Waals surface area (Å²) in [5.74, 6) is -0.217. The molecule has 7 nitrogen and oxygen atoms in total. The number of rotatable bonds is 4. The predicted octanol–water partition coefficient (Wildman–Crippen LogP) is 4.00. The van der Waals surface area contributed by atoms with E-state index in [4.69, 9.17) is 27.9 Å². The van der Waals surface area contributed by atoms with Gasteiger partial charge in [0, 0.05) is 6.07 Å². The van der Waals surface area contributed by atoms with E-state index < -0.39 is 11.0 Å². The number of anilines is 1. The highest BCUT2D eigenvalue weighted by atomic mass is 35.5. The number of hydrogen-bond acceptors (Lipinski definition) is 5. The smallest absolute Gasteiger partial charge is 0.366 e. The number of nitro groups is 1. The Morgan fingerprint density at radius 2 is 2.04 bits per heavy atom. The fourth-order valence-electron chi connectivity index (χ4n) is 2.53. The summed E-state index contributed by atoms with van der Waals surface area (Å²) in [4.78, 5) is 28.4. The zero-order valence-electron chi connectivity index (χ0n) is 13.1. The van der Waals surface area contributed by atoms with E-state index >= 15 is 0 Å². The number of carbonyl (C=O) groups excluding carboxylic acids is 1. The first kappa shape index (κ1) is 17.4. The van der Waals surface area contributed by atoms with Crippen molar-refractivity contribution < 1.29 is 14.5 Å². The van der Waals surface area contributed by atoms with E-state index in [1.807, 2.05) is 6.92 Å². The van der Waals surface area contributed by atoms with Crippen LogP contribution in [0.2, 0.25) is 10.0 Å². The van der Waals surface area contributed by atoms with Crippen molar-refractivity contribution in [3.63, 3.8) is 0 Å². The monoisotopic (exact) mass is 381 g/mol. The van der Waals surface area contributed by atoms with Crippen LogP contribution in [0.5, 0.6) is 5.75 Å². The molecule has 1 atom stereocenters. The van der Waals surface area contributed by atoms with Crippen LogP contribution >= 0.6 is 23.2 Å². The molecule has 1 aliphatic rings. The molecule has 130 valence electrons. The van der Waals surface area contributed by atoms with E-state index in [9.17, 15) is 14.9 Å². The van der Waals surface area contributed by atoms with Crippen LogP contribution in [0.25, 0.3) is 0 Å². The zero-order valence-corrected chi connectivity index (χ0v) is 14.6. The molecule has 1 amide bonds. The Morgan fingerprint density at radius 3 is 2.68 bits per heavy atom. The Morgan fingerprint density at radius 1 is 1.28 bits per heavy atom. The van der Waals surface area contributed by atoms with E-state index in [2.05, 4.69) is 4.98 Å². The van der Waals surface area contributed by atoms with Crippen LogP contribution < -0.4 is 9.64 Å². The molecule has 0 fully saturated rings. The molecule has 2 heterocycles. The molecule has 0 spiro atoms. The molecule has 9 heteroatoms. The van der Waals surface area contributed by atoms with E-state index in [-0.39, 0.29) is 24.1 Å². The number of halogens is 2. The van der Waals surface area contributed by atoms with Crippen LogP contribution in [-0.4, -0.2) is 21.9 Å². The van der Waals surface area contributed by atoms with Gasteiger partial charge in [-0.3, -0.25) is 9.69 Å². The normalized spacial score (nSPS) is 16.4. The van der Waals surface area contributed by atoms with Crippen LogP contribution in [0.1, 0.15) is 18.9 Å². The van der Waals surface area contributed by atoms with Crippen LogP contribution in [-0.2, 0) is 11.3 Å². The Bertz CT molecular complexity index is 859. The summed E-state index contributed by atoms with van der Waals surface area (Å²) in [6, 6.07) is 7.71. The van der Waals surface area contributed by atoms with Crippen LogP contribution in [0.3, 0.4) is 0 Å². The number of hydrogen-bond donors (Lipinski definition) is 0. The van der Waals surface area contributed by atoms with Crippen LogP contribution in [0.15, 0.2) is 30.3 Å². The third-order valence-electron chi connectivity index (χ3n) is 3.77. The number of benzene rings is 1. The van der Waals surface area contributed by atoms with Gasteiger partial charge in [-0.2, -0.15) is 0 Å². The maximum atomic E-state index is 12.7. The maximum absolute atomic E-state index is 12.7. The topological polar surface area (TPSA) is 85.6 Å². The molecule has 1 aromatic carbocycles. The van der Waals surface area contributed by atoms with Gasteiger partial charge < -0.3 is 14.9 Å². The van der Waals surface area contributed by atoms with E-state index in [1.165, 1.54) is 17.0 Å². The quantitative estimate of drug-likeness (QED) is 0.589. The van der Waals surface area contributed by atoms with Gasteiger partial charge in [-0.25, -0.2) is 0 Å². The Hall–Kier alpha value is -2.38. The fourth-order valence-corrected chi connectivity index (χ4v) is 2.85. The van der Waals surface area contributed by atoms with Gasteiger partial charge in [-0.05, 0) is 40.1 Å². The van der Waals surface area contributed by atoms with Gasteiger partial charge in [-0.1, -0.05) is 36.2 Å². The van der Waals surface area contributed by atoms with Crippen molar-refractivity contribution in [2.24, 2.45) is 0 Å². The van der Waals surface area contributed by atoms with Crippen molar-refractivity contribution in [2.45, 2.75) is 26.0 Å². The number of pyridine rings is 1. The van der Waals surface area contributed by atoms with Crippen molar-refractivity contribution in [2.75, 3.05) is 4.90 Å². The number of carbonyl (C=O) groups is 1. The standard InChI is InChI=1S/C16H13Cl2N3O4/c1-2-12-16(22)20(8-9-3-4-10(17)11(18)7-9)15-13(25-12)5-6-14(19-15)21(23)24/h3-7,12H,2,8H2,1H3. The molecule has 25 heavy (non-hydrogen) atoms. The Kier molecular flexibility index (Phi) is 4.78. The third kappa shape index (κ3) is 3.38. The van der Waals surface area contributed by atoms with Gasteiger partial charge in [0.25, 0.3) is 11.7 Å². The molecular formula is C16H13Cl2N3O4. The molecule has 0 aliphatic carbocycles. The van der Waals surface area contributed by atoms with E-state index in [1.54, 1.807) is 18.2 Å². The SMILES string of the molecule is CCC1Oc2ccc([N+](=O)[O-])nc2N(Cc2ccc(Cl)c(Cl)c2)C1=O. The van der Waals surface area contributed by atoms with Crippen molar-refractivity contribution in [1.82, 2.24) is 4.98 Å². The van der Waals surface area contributed by atoms with Crippen LogP contribution in [0.4, 0.5) is 11.6 Å². The lowest BCUT2D eigenvalue weighted by Crippen LogP contribution is -2.45. The summed E-state index contributed by atoms with van der Waals surface area (Å²) in [6.45, 7) is 1.97. The first-order chi connectivity index (χ1) is 11.9. The lowest BCUT2D eigenvalue weighted by Gasteiger charge is -2.30. The molecule has 1 aromatic heterocycles. The summed E-state index contributed by atoms with van der Waals surface area (Å²) in [6.07, 6.45) is -0.203. The van der Waals surface area contributed by atoms with Crippen molar-refractivity contribution in [3.05, 3.63) is 56.1 Å². The summed E-state index contributed by atoms with van der Waals surface area (Å²) in [5.41, 5.74) is 0.721. The molecule has 1 unspecified atom stereocenters. The highest BCUT2D eigenvalue weighted by molar-refractivity contribution is 6.42. The predicted molar refractivity (Wildman–Crippen MR) is 93.3 cm³/mol. The molecule has 0 saturated carbocycles. The molecule has 3 rings (SSSR count). The maximum Gasteiger partial charge on any atom is 0.366 e. The van der Waals surface area contributed by atoms with Gasteiger partial charge in [0.1, 0.15) is 0 Å². The lowest BCUT2D eigenvalue weighted by molar-refractivity contribution is -0.389. The zero-order chi connectivity index (χ0) is 18.1. The number of nitrogens with zero attached hydrogens (tertiary/aromatic N) is 3. The minimum absolute atomic E-state index is 0.120. The molecule has 0 saturated heterocycles. The first-order valence-corrected chi connectivity index (χ1v) is 8.23. The van der Waals surface area contributed by atoms with Crippen molar-refractivity contribution in [1.29, 1.82) is 0 Å². The van der Waals surface area contributed by atoms with Gasteiger partial charge in [0.2, 0.25) is 0 Å². The summed E-state index contributed by atoms with van der Waals surface area (Å²) < 4.78 is 5.62. The highest BCUT2D eigenvalue weighted by Gasteiger charge is 2.38. The second-order valence-corrected chi connectivity index (χ2v) is 6.25. The molecule has 1 aliphatic heterocycles. The minimum atomic E-state index is -0.668. The largest absolute Gasteiger partial charge is 0.474 e. The van der Waals surface area contributed by atoms with Gasteiger partial charge in [0.05, 0.1) is 16.6 Å². The van der Waals surface area contributed by atoms with Crippen molar-refractivity contribution >= 4 is 40.7 Å². The molecule has 2 aromatic rings. The lowest BCUT2D eigenvalue weighted by atomic mass is 10.1. The molecule has 0 radical (unpaired) electrons. The van der Waals surface area contributed by atoms with Gasteiger partial charge >= 0.3 is 5.82 Å². The number of amides is 1. The van der Waals surface area contributed by atoms with E-state index in [0.717, 1.165) is 5.56 Å². The van der Waals surface area contributed by atoms with Crippen molar-refractivity contribution in [3.8, 4) is 5.75 Å². The first-order valence-electron chi connectivity index (χ1n) is 7.48. The van der Waals surface area contributed by atoms with Gasteiger partial charge in [-0.15, -0.1) is 0 Å². The Balaban J connectivity index is 2.03. The molecule has 0 N–H and O–H groups in total. The fraction of sp³-hybridized carbons (Fsp3) is 0.250. The number of ether oxygens (including phenoxy) is 1. The average Bonchev–Trinajstić information content (AvgIpc) is 2.59. The highest BCUT2D eigenvalue weighted by Crippen LogP contribution is 2.36. The Labute approximate surface area is 153 Å². The third-order valence-corrected chi connectivity index (χ3v) is 4.51. The minimum Gasteiger partial charge on any atom is -0.474 e. The number of aromatic nitrogens is 1. The molecule has 0 bridgehead atoms. The van der Waals surface area contributed by atoms with E-state index in [0.29, 0.717) is 22.2 Å². The summed E-state index contributed by atoms with van der Waals surface area (Å²) in [7, 11) is 0. The summed E-state index contributed by atoms with van der Waals surface area (Å²) in [5, 5.41) is 11.8. The second-order valence-electron chi connectivity index (χ2n) is 5.44. The summed E-state index contributed by atoms with van der Waals surface area (Å²) >= 11 is 11.9. The van der Waals surface area contributed by atoms with Gasteiger partial charge in [0.15, 0.2) is 11.9 Å². The average molecular weight is 382 g/mol.